The zero-order valence-corrected chi connectivity index (χ0v) is 14.0. The van der Waals surface area contributed by atoms with E-state index in [4.69, 9.17) is 0 Å². The van der Waals surface area contributed by atoms with Crippen LogP contribution in [-0.2, 0) is 4.79 Å². The van der Waals surface area contributed by atoms with Crippen molar-refractivity contribution < 1.29 is 9.18 Å². The molecule has 2 aromatic rings. The van der Waals surface area contributed by atoms with Crippen molar-refractivity contribution in [3.05, 3.63) is 75.5 Å². The van der Waals surface area contributed by atoms with E-state index in [2.05, 4.69) is 21.2 Å². The van der Waals surface area contributed by atoms with Gasteiger partial charge in [0.05, 0.1) is 6.04 Å². The van der Waals surface area contributed by atoms with Crippen molar-refractivity contribution in [2.45, 2.75) is 13.0 Å². The van der Waals surface area contributed by atoms with Gasteiger partial charge in [-0.15, -0.1) is 0 Å². The van der Waals surface area contributed by atoms with Gasteiger partial charge in [0.25, 0.3) is 5.91 Å². The van der Waals surface area contributed by atoms with Gasteiger partial charge < -0.3 is 5.32 Å². The predicted octanol–water partition coefficient (Wildman–Crippen LogP) is 4.37. The Morgan fingerprint density at radius 2 is 2.00 bits per heavy atom. The van der Waals surface area contributed by atoms with E-state index in [9.17, 15) is 14.4 Å². The van der Waals surface area contributed by atoms with Crippen molar-refractivity contribution in [2.24, 2.45) is 0 Å². The monoisotopic (exact) mass is 372 g/mol. The zero-order valence-electron chi connectivity index (χ0n) is 12.4. The Bertz CT molecular complexity index is 781. The van der Waals surface area contributed by atoms with Crippen LogP contribution in [0, 0.1) is 17.1 Å². The van der Waals surface area contributed by atoms with E-state index in [-0.39, 0.29) is 17.2 Å². The predicted molar refractivity (Wildman–Crippen MR) is 90.7 cm³/mol. The van der Waals surface area contributed by atoms with Gasteiger partial charge in [0.2, 0.25) is 0 Å². The maximum atomic E-state index is 13.8. The maximum absolute atomic E-state index is 13.8. The molecule has 1 atom stereocenters. The van der Waals surface area contributed by atoms with Crippen molar-refractivity contribution in [1.29, 1.82) is 5.26 Å². The van der Waals surface area contributed by atoms with E-state index < -0.39 is 11.7 Å². The lowest BCUT2D eigenvalue weighted by molar-refractivity contribution is -0.117. The number of nitrogens with zero attached hydrogens (tertiary/aromatic N) is 1. The highest BCUT2D eigenvalue weighted by Crippen LogP contribution is 2.18. The van der Waals surface area contributed by atoms with Crippen LogP contribution in [0.3, 0.4) is 0 Å². The molecule has 0 saturated carbocycles. The van der Waals surface area contributed by atoms with Crippen LogP contribution < -0.4 is 5.32 Å². The van der Waals surface area contributed by atoms with Gasteiger partial charge in [0, 0.05) is 10.0 Å². The van der Waals surface area contributed by atoms with E-state index in [1.807, 2.05) is 43.3 Å². The number of halogens is 2. The van der Waals surface area contributed by atoms with Gasteiger partial charge in [-0.1, -0.05) is 52.3 Å². The molecule has 0 unspecified atom stereocenters. The molecule has 0 aliphatic rings. The summed E-state index contributed by atoms with van der Waals surface area (Å²) in [6.07, 6.45) is 1.24. The Hall–Kier alpha value is -2.45. The first kappa shape index (κ1) is 16.9. The van der Waals surface area contributed by atoms with Gasteiger partial charge in [-0.2, -0.15) is 5.26 Å². The summed E-state index contributed by atoms with van der Waals surface area (Å²) in [5.74, 6) is -1.04. The number of nitriles is 1. The molecule has 23 heavy (non-hydrogen) atoms. The van der Waals surface area contributed by atoms with E-state index in [1.165, 1.54) is 18.2 Å². The molecule has 5 heteroatoms. The molecule has 0 saturated heterocycles. The number of benzene rings is 2. The number of hydrogen-bond acceptors (Lipinski definition) is 2. The summed E-state index contributed by atoms with van der Waals surface area (Å²) in [4.78, 5) is 12.2. The molecule has 0 heterocycles. The summed E-state index contributed by atoms with van der Waals surface area (Å²) in [6, 6.07) is 15.4. The number of hydrogen-bond donors (Lipinski definition) is 1. The average molecular weight is 373 g/mol. The third-order valence-corrected chi connectivity index (χ3v) is 3.77. The maximum Gasteiger partial charge on any atom is 0.262 e. The fourth-order valence-corrected chi connectivity index (χ4v) is 2.36. The minimum Gasteiger partial charge on any atom is -0.345 e. The van der Waals surface area contributed by atoms with E-state index in [1.54, 1.807) is 6.07 Å². The quantitative estimate of drug-likeness (QED) is 0.639. The minimum atomic E-state index is -0.536. The van der Waals surface area contributed by atoms with Gasteiger partial charge >= 0.3 is 0 Å². The topological polar surface area (TPSA) is 52.9 Å². The molecular weight excluding hydrogens is 359 g/mol. The molecule has 0 aliphatic carbocycles. The second-order valence-electron chi connectivity index (χ2n) is 4.94. The summed E-state index contributed by atoms with van der Waals surface area (Å²) in [5, 5.41) is 11.9. The highest BCUT2D eigenvalue weighted by Gasteiger charge is 2.14. The van der Waals surface area contributed by atoms with Gasteiger partial charge in [-0.25, -0.2) is 4.39 Å². The van der Waals surface area contributed by atoms with Crippen molar-refractivity contribution >= 4 is 27.9 Å². The smallest absolute Gasteiger partial charge is 0.262 e. The van der Waals surface area contributed by atoms with Gasteiger partial charge in [-0.3, -0.25) is 4.79 Å². The first-order chi connectivity index (χ1) is 11.0. The van der Waals surface area contributed by atoms with Gasteiger partial charge in [0.15, 0.2) is 0 Å². The van der Waals surface area contributed by atoms with Crippen LogP contribution in [0.2, 0.25) is 0 Å². The van der Waals surface area contributed by atoms with Crippen molar-refractivity contribution in [3.63, 3.8) is 0 Å². The Kier molecular flexibility index (Phi) is 5.67. The minimum absolute atomic E-state index is 0.144. The van der Waals surface area contributed by atoms with E-state index in [0.29, 0.717) is 4.47 Å². The second-order valence-corrected chi connectivity index (χ2v) is 5.86. The lowest BCUT2D eigenvalue weighted by atomic mass is 10.1. The van der Waals surface area contributed by atoms with Gasteiger partial charge in [-0.05, 0) is 30.7 Å². The van der Waals surface area contributed by atoms with Crippen molar-refractivity contribution in [2.75, 3.05) is 0 Å². The molecule has 0 spiro atoms. The second kappa shape index (κ2) is 7.70. The van der Waals surface area contributed by atoms with Crippen LogP contribution in [0.1, 0.15) is 24.1 Å². The third-order valence-electron chi connectivity index (χ3n) is 3.27. The molecule has 2 aromatic carbocycles. The first-order valence-electron chi connectivity index (χ1n) is 6.94. The lowest BCUT2D eigenvalue weighted by Crippen LogP contribution is -2.27. The number of rotatable bonds is 4. The Labute approximate surface area is 142 Å². The SMILES string of the molecule is C[C@@H](NC(=O)/C(C#N)=C/c1ccc(Br)cc1F)c1ccccc1. The fourth-order valence-electron chi connectivity index (χ4n) is 2.02. The zero-order chi connectivity index (χ0) is 16.8. The van der Waals surface area contributed by atoms with Crippen LogP contribution in [-0.4, -0.2) is 5.91 Å². The first-order valence-corrected chi connectivity index (χ1v) is 7.73. The Balaban J connectivity index is 2.19. The Morgan fingerprint density at radius 3 is 2.61 bits per heavy atom. The molecule has 0 bridgehead atoms. The molecule has 0 aliphatic heterocycles. The molecule has 2 rings (SSSR count). The summed E-state index contributed by atoms with van der Waals surface area (Å²) in [5.41, 5.74) is 0.967. The largest absolute Gasteiger partial charge is 0.345 e. The average Bonchev–Trinajstić information content (AvgIpc) is 2.54. The highest BCUT2D eigenvalue weighted by molar-refractivity contribution is 9.10. The number of nitrogens with one attached hydrogen (secondary N) is 1. The van der Waals surface area contributed by atoms with Crippen LogP contribution in [0.5, 0.6) is 0 Å². The highest BCUT2D eigenvalue weighted by atomic mass is 79.9. The number of carbonyl (C=O) groups excluding carboxylic acids is 1. The van der Waals surface area contributed by atoms with Gasteiger partial charge in [0.1, 0.15) is 17.5 Å². The summed E-state index contributed by atoms with van der Waals surface area (Å²) >= 11 is 3.16. The summed E-state index contributed by atoms with van der Waals surface area (Å²) in [7, 11) is 0. The molecule has 116 valence electrons. The molecule has 0 aromatic heterocycles. The molecule has 1 amide bonds. The molecule has 0 radical (unpaired) electrons. The van der Waals surface area contributed by atoms with Crippen molar-refractivity contribution in [3.8, 4) is 6.07 Å². The van der Waals surface area contributed by atoms with E-state index >= 15 is 0 Å². The standard InChI is InChI=1S/C18H14BrFN2O/c1-12(13-5-3-2-4-6-13)22-18(23)15(11-21)9-14-7-8-16(19)10-17(14)20/h2-10,12H,1H3,(H,22,23)/b15-9+/t12-/m1/s1. The van der Waals surface area contributed by atoms with Crippen LogP contribution in [0.25, 0.3) is 6.08 Å². The van der Waals surface area contributed by atoms with Crippen molar-refractivity contribution in [1.82, 2.24) is 5.32 Å². The normalized spacial score (nSPS) is 12.3. The van der Waals surface area contributed by atoms with Crippen LogP contribution >= 0.6 is 15.9 Å². The van der Waals surface area contributed by atoms with Crippen LogP contribution in [0.4, 0.5) is 4.39 Å². The van der Waals surface area contributed by atoms with E-state index in [0.717, 1.165) is 5.56 Å². The summed E-state index contributed by atoms with van der Waals surface area (Å²) in [6.45, 7) is 1.82. The fraction of sp³-hybridized carbons (Fsp3) is 0.111. The molecule has 3 nitrogen and oxygen atoms in total. The van der Waals surface area contributed by atoms with Crippen LogP contribution in [0.15, 0.2) is 58.6 Å². The number of carbonyl (C=O) groups is 1. The summed E-state index contributed by atoms with van der Waals surface area (Å²) < 4.78 is 14.4. The third kappa shape index (κ3) is 4.51. The molecule has 1 N–H and O–H groups in total. The molecule has 0 fully saturated rings. The molecular formula is C18H14BrFN2O. The lowest BCUT2D eigenvalue weighted by Gasteiger charge is -2.13. The Morgan fingerprint density at radius 1 is 1.30 bits per heavy atom. The number of amides is 1.